The van der Waals surface area contributed by atoms with Gasteiger partial charge in [-0.2, -0.15) is 4.98 Å². The van der Waals surface area contributed by atoms with Gasteiger partial charge in [0.15, 0.2) is 5.16 Å². The second-order valence-corrected chi connectivity index (χ2v) is 7.75. The van der Waals surface area contributed by atoms with Crippen LogP contribution in [-0.2, 0) is 4.79 Å². The molecule has 3 rings (SSSR count). The third-order valence-electron chi connectivity index (χ3n) is 3.47. The first-order valence-electron chi connectivity index (χ1n) is 7.76. The average Bonchev–Trinajstić information content (AvgIpc) is 2.63. The van der Waals surface area contributed by atoms with Gasteiger partial charge in [0, 0.05) is 26.9 Å². The van der Waals surface area contributed by atoms with Crippen molar-refractivity contribution in [1.82, 2.24) is 9.55 Å². The topological polar surface area (TPSA) is 90.0 Å². The normalized spacial score (nSPS) is 10.6. The summed E-state index contributed by atoms with van der Waals surface area (Å²) in [5.41, 5.74) is 6.92. The first-order valence-corrected chi connectivity index (χ1v) is 9.92. The number of aromatic nitrogens is 2. The van der Waals surface area contributed by atoms with Crippen molar-refractivity contribution in [3.63, 3.8) is 0 Å². The van der Waals surface area contributed by atoms with Crippen LogP contribution in [0.4, 0.5) is 11.5 Å². The molecule has 2 aromatic carbocycles. The fourth-order valence-corrected chi connectivity index (χ4v) is 3.50. The van der Waals surface area contributed by atoms with Gasteiger partial charge in [0.25, 0.3) is 5.56 Å². The van der Waals surface area contributed by atoms with Gasteiger partial charge in [-0.3, -0.25) is 14.2 Å². The highest BCUT2D eigenvalue weighted by Gasteiger charge is 2.13. The number of carbonyl (C=O) groups excluding carboxylic acids is 1. The van der Waals surface area contributed by atoms with Crippen LogP contribution < -0.4 is 16.6 Å². The zero-order valence-electron chi connectivity index (χ0n) is 13.9. The van der Waals surface area contributed by atoms with Crippen LogP contribution in [0.15, 0.2) is 69.0 Å². The predicted molar refractivity (Wildman–Crippen MR) is 113 cm³/mol. The number of anilines is 2. The fraction of sp³-hybridized carbons (Fsp3) is 0.0556. The molecule has 3 N–H and O–H groups in total. The number of hydrogen-bond acceptors (Lipinski definition) is 5. The van der Waals surface area contributed by atoms with E-state index in [1.165, 1.54) is 6.07 Å². The summed E-state index contributed by atoms with van der Waals surface area (Å²) in [4.78, 5) is 28.0. The molecule has 0 saturated carbocycles. The summed E-state index contributed by atoms with van der Waals surface area (Å²) < 4.78 is 2.53. The number of amides is 1. The second-order valence-electron chi connectivity index (χ2n) is 5.46. The smallest absolute Gasteiger partial charge is 0.275 e. The number of nitrogen functional groups attached to an aromatic ring is 1. The fourth-order valence-electron chi connectivity index (χ4n) is 2.28. The van der Waals surface area contributed by atoms with Crippen molar-refractivity contribution in [2.24, 2.45) is 0 Å². The van der Waals surface area contributed by atoms with Crippen molar-refractivity contribution in [2.45, 2.75) is 5.16 Å². The van der Waals surface area contributed by atoms with Gasteiger partial charge in [0.05, 0.1) is 5.75 Å². The summed E-state index contributed by atoms with van der Waals surface area (Å²) in [5, 5.41) is 3.70. The average molecular weight is 466 g/mol. The molecule has 6 nitrogen and oxygen atoms in total. The summed E-state index contributed by atoms with van der Waals surface area (Å²) in [6.07, 6.45) is 0. The highest BCUT2D eigenvalue weighted by molar-refractivity contribution is 9.10. The van der Waals surface area contributed by atoms with E-state index < -0.39 is 5.56 Å². The molecule has 1 heterocycles. The van der Waals surface area contributed by atoms with E-state index in [9.17, 15) is 9.59 Å². The Morgan fingerprint density at radius 1 is 1.19 bits per heavy atom. The van der Waals surface area contributed by atoms with Crippen molar-refractivity contribution < 1.29 is 4.79 Å². The SMILES string of the molecule is Nc1cc(=O)nc(SCC(=O)Nc2ccc(Br)cc2)n1-c1ccc(Cl)cc1. The second kappa shape index (κ2) is 8.60. The third kappa shape index (κ3) is 5.12. The lowest BCUT2D eigenvalue weighted by Gasteiger charge is -2.14. The Hall–Kier alpha value is -2.29. The summed E-state index contributed by atoms with van der Waals surface area (Å²) in [7, 11) is 0. The number of thioether (sulfide) groups is 1. The number of nitrogens with two attached hydrogens (primary N) is 1. The molecule has 0 saturated heterocycles. The van der Waals surface area contributed by atoms with Crippen LogP contribution in [0.25, 0.3) is 5.69 Å². The van der Waals surface area contributed by atoms with Crippen molar-refractivity contribution in [3.05, 3.63) is 74.4 Å². The monoisotopic (exact) mass is 464 g/mol. The van der Waals surface area contributed by atoms with Gasteiger partial charge in [-0.25, -0.2) is 0 Å². The molecule has 3 aromatic rings. The number of halogens is 2. The minimum Gasteiger partial charge on any atom is -0.385 e. The van der Waals surface area contributed by atoms with Gasteiger partial charge < -0.3 is 11.1 Å². The van der Waals surface area contributed by atoms with E-state index in [2.05, 4.69) is 26.2 Å². The molecule has 0 spiro atoms. The molecular weight excluding hydrogens is 452 g/mol. The maximum absolute atomic E-state index is 12.2. The van der Waals surface area contributed by atoms with Crippen LogP contribution in [-0.4, -0.2) is 21.2 Å². The number of nitrogens with zero attached hydrogens (tertiary/aromatic N) is 2. The van der Waals surface area contributed by atoms with Crippen LogP contribution in [0.2, 0.25) is 5.02 Å². The number of benzene rings is 2. The third-order valence-corrected chi connectivity index (χ3v) is 5.19. The van der Waals surface area contributed by atoms with E-state index in [1.807, 2.05) is 12.1 Å². The number of hydrogen-bond donors (Lipinski definition) is 2. The van der Waals surface area contributed by atoms with E-state index in [0.717, 1.165) is 16.2 Å². The lowest BCUT2D eigenvalue weighted by molar-refractivity contribution is -0.113. The predicted octanol–water partition coefficient (Wildman–Crippen LogP) is 3.96. The van der Waals surface area contributed by atoms with Crippen LogP contribution >= 0.6 is 39.3 Å². The van der Waals surface area contributed by atoms with E-state index in [4.69, 9.17) is 17.3 Å². The Labute approximate surface area is 172 Å². The van der Waals surface area contributed by atoms with Gasteiger partial charge >= 0.3 is 0 Å². The quantitative estimate of drug-likeness (QED) is 0.440. The molecule has 0 radical (unpaired) electrons. The number of carbonyl (C=O) groups is 1. The zero-order chi connectivity index (χ0) is 19.4. The Morgan fingerprint density at radius 3 is 2.52 bits per heavy atom. The summed E-state index contributed by atoms with van der Waals surface area (Å²) in [5.74, 6) is 0.0781. The van der Waals surface area contributed by atoms with Crippen molar-refractivity contribution in [3.8, 4) is 5.69 Å². The first kappa shape index (κ1) is 19.5. The largest absolute Gasteiger partial charge is 0.385 e. The van der Waals surface area contributed by atoms with Gasteiger partial charge in [-0.1, -0.05) is 39.3 Å². The lowest BCUT2D eigenvalue weighted by Crippen LogP contribution is -2.19. The Kier molecular flexibility index (Phi) is 6.20. The van der Waals surface area contributed by atoms with Crippen molar-refractivity contribution >= 4 is 56.7 Å². The van der Waals surface area contributed by atoms with E-state index in [0.29, 0.717) is 21.6 Å². The molecule has 0 aliphatic rings. The van der Waals surface area contributed by atoms with Crippen LogP contribution in [0.5, 0.6) is 0 Å². The molecule has 0 aliphatic carbocycles. The number of rotatable bonds is 5. The van der Waals surface area contributed by atoms with Crippen molar-refractivity contribution in [1.29, 1.82) is 0 Å². The maximum Gasteiger partial charge on any atom is 0.275 e. The molecule has 0 bridgehead atoms. The first-order chi connectivity index (χ1) is 12.9. The lowest BCUT2D eigenvalue weighted by atomic mass is 10.3. The van der Waals surface area contributed by atoms with Gasteiger partial charge in [0.1, 0.15) is 5.82 Å². The van der Waals surface area contributed by atoms with Crippen LogP contribution in [0.3, 0.4) is 0 Å². The minimum absolute atomic E-state index is 0.0690. The molecule has 0 fully saturated rings. The molecule has 1 amide bonds. The molecule has 9 heteroatoms. The minimum atomic E-state index is -0.464. The van der Waals surface area contributed by atoms with Crippen molar-refractivity contribution in [2.75, 3.05) is 16.8 Å². The number of nitrogens with one attached hydrogen (secondary N) is 1. The van der Waals surface area contributed by atoms with Gasteiger partial charge in [-0.15, -0.1) is 0 Å². The Bertz CT molecular complexity index is 1020. The molecule has 0 atom stereocenters. The van der Waals surface area contributed by atoms with E-state index in [-0.39, 0.29) is 17.5 Å². The summed E-state index contributed by atoms with van der Waals surface area (Å²) >= 11 is 10.4. The molecule has 27 heavy (non-hydrogen) atoms. The summed E-state index contributed by atoms with van der Waals surface area (Å²) in [6, 6.07) is 15.4. The summed E-state index contributed by atoms with van der Waals surface area (Å²) in [6.45, 7) is 0. The van der Waals surface area contributed by atoms with Crippen LogP contribution in [0.1, 0.15) is 0 Å². The molecule has 1 aromatic heterocycles. The highest BCUT2D eigenvalue weighted by atomic mass is 79.9. The molecule has 0 unspecified atom stereocenters. The van der Waals surface area contributed by atoms with Gasteiger partial charge in [0.2, 0.25) is 5.91 Å². The highest BCUT2D eigenvalue weighted by Crippen LogP contribution is 2.24. The zero-order valence-corrected chi connectivity index (χ0v) is 17.0. The van der Waals surface area contributed by atoms with E-state index >= 15 is 0 Å². The standard InChI is InChI=1S/C18H14BrClN4O2S/c19-11-1-5-13(6-2-11)22-17(26)10-27-18-23-16(25)9-15(21)24(18)14-7-3-12(20)4-8-14/h1-9H,10,21H2,(H,22,26). The Balaban J connectivity index is 1.79. The molecular formula is C18H14BrClN4O2S. The maximum atomic E-state index is 12.2. The van der Waals surface area contributed by atoms with E-state index in [1.54, 1.807) is 41.0 Å². The van der Waals surface area contributed by atoms with Crippen LogP contribution in [0, 0.1) is 0 Å². The Morgan fingerprint density at radius 2 is 1.85 bits per heavy atom. The molecule has 138 valence electrons. The molecule has 0 aliphatic heterocycles. The van der Waals surface area contributed by atoms with Gasteiger partial charge in [-0.05, 0) is 48.5 Å².